The van der Waals surface area contributed by atoms with E-state index in [1.807, 2.05) is 0 Å². The van der Waals surface area contributed by atoms with E-state index in [0.717, 1.165) is 0 Å². The summed E-state index contributed by atoms with van der Waals surface area (Å²) in [6.45, 7) is 0.0991. The van der Waals surface area contributed by atoms with Crippen molar-refractivity contribution in [1.82, 2.24) is 0 Å². The van der Waals surface area contributed by atoms with Crippen LogP contribution in [0.3, 0.4) is 0 Å². The van der Waals surface area contributed by atoms with Gasteiger partial charge < -0.3 is 9.84 Å². The molecule has 0 spiro atoms. The van der Waals surface area contributed by atoms with Crippen molar-refractivity contribution in [1.29, 1.82) is 0 Å². The molecule has 0 saturated heterocycles. The van der Waals surface area contributed by atoms with Crippen molar-refractivity contribution in [2.24, 2.45) is 0 Å². The summed E-state index contributed by atoms with van der Waals surface area (Å²) in [7, 11) is 0. The lowest BCUT2D eigenvalue weighted by atomic mass is 10.2. The van der Waals surface area contributed by atoms with E-state index in [1.165, 1.54) is 24.3 Å². The van der Waals surface area contributed by atoms with Crippen LogP contribution in [0.15, 0.2) is 40.9 Å². The zero-order valence-corrected chi connectivity index (χ0v) is 12.4. The van der Waals surface area contributed by atoms with Gasteiger partial charge in [-0.1, -0.05) is 33.6 Å². The van der Waals surface area contributed by atoms with Crippen molar-refractivity contribution in [3.63, 3.8) is 0 Å². The summed E-state index contributed by atoms with van der Waals surface area (Å²) in [6, 6.07) is 8.89. The quantitative estimate of drug-likeness (QED) is 0.873. The van der Waals surface area contributed by atoms with Crippen molar-refractivity contribution < 1.29 is 19.0 Å². The van der Waals surface area contributed by atoms with Gasteiger partial charge in [-0.3, -0.25) is 0 Å². The summed E-state index contributed by atoms with van der Waals surface area (Å²) in [5, 5.41) is 9.10. The summed E-state index contributed by atoms with van der Waals surface area (Å²) in [5.74, 6) is -1.36. The third-order valence-electron chi connectivity index (χ3n) is 2.55. The van der Waals surface area contributed by atoms with Gasteiger partial charge in [-0.2, -0.15) is 0 Å². The van der Waals surface area contributed by atoms with Gasteiger partial charge in [0.15, 0.2) is 0 Å². The third-order valence-corrected chi connectivity index (χ3v) is 3.33. The van der Waals surface area contributed by atoms with Crippen LogP contribution in [-0.4, -0.2) is 11.1 Å². The second kappa shape index (κ2) is 6.24. The van der Waals surface area contributed by atoms with Crippen LogP contribution in [0.25, 0.3) is 0 Å². The Labute approximate surface area is 128 Å². The molecule has 20 heavy (non-hydrogen) atoms. The van der Waals surface area contributed by atoms with E-state index in [4.69, 9.17) is 21.4 Å². The molecule has 0 atom stereocenters. The van der Waals surface area contributed by atoms with Crippen molar-refractivity contribution in [3.05, 3.63) is 62.8 Å². The van der Waals surface area contributed by atoms with Crippen LogP contribution in [0, 0.1) is 5.82 Å². The molecule has 0 aliphatic carbocycles. The van der Waals surface area contributed by atoms with E-state index in [1.54, 1.807) is 12.1 Å². The van der Waals surface area contributed by atoms with Gasteiger partial charge in [0.1, 0.15) is 23.7 Å². The van der Waals surface area contributed by atoms with Gasteiger partial charge >= 0.3 is 5.97 Å². The average Bonchev–Trinajstić information content (AvgIpc) is 2.41. The number of ether oxygens (including phenoxy) is 1. The van der Waals surface area contributed by atoms with Crippen LogP contribution in [0.1, 0.15) is 15.9 Å². The number of carboxylic acids is 1. The lowest BCUT2D eigenvalue weighted by Crippen LogP contribution is -2.03. The Morgan fingerprint density at radius 3 is 2.70 bits per heavy atom. The highest BCUT2D eigenvalue weighted by Crippen LogP contribution is 2.25. The SMILES string of the molecule is O=C(O)c1cc(Br)ccc1OCc1ccc(F)c(Cl)c1. The van der Waals surface area contributed by atoms with Gasteiger partial charge in [0.05, 0.1) is 5.02 Å². The molecule has 0 aliphatic rings. The lowest BCUT2D eigenvalue weighted by Gasteiger charge is -2.10. The standard InChI is InChI=1S/C14H9BrClFO3/c15-9-2-4-13(10(6-9)14(18)19)20-7-8-1-3-12(17)11(16)5-8/h1-6H,7H2,(H,18,19). The molecular formula is C14H9BrClFO3. The molecule has 0 heterocycles. The lowest BCUT2D eigenvalue weighted by molar-refractivity contribution is 0.0691. The number of hydrogen-bond donors (Lipinski definition) is 1. The summed E-state index contributed by atoms with van der Waals surface area (Å²) < 4.78 is 19.1. The highest BCUT2D eigenvalue weighted by molar-refractivity contribution is 9.10. The summed E-state index contributed by atoms with van der Waals surface area (Å²) >= 11 is 8.87. The van der Waals surface area contributed by atoms with Crippen LogP contribution in [0.5, 0.6) is 5.75 Å². The van der Waals surface area contributed by atoms with E-state index in [9.17, 15) is 9.18 Å². The largest absolute Gasteiger partial charge is 0.488 e. The van der Waals surface area contributed by atoms with Crippen molar-refractivity contribution in [2.45, 2.75) is 6.61 Å². The van der Waals surface area contributed by atoms with Crippen molar-refractivity contribution in [2.75, 3.05) is 0 Å². The molecule has 2 aromatic carbocycles. The van der Waals surface area contributed by atoms with Crippen LogP contribution >= 0.6 is 27.5 Å². The smallest absolute Gasteiger partial charge is 0.339 e. The maximum Gasteiger partial charge on any atom is 0.339 e. The second-order valence-corrected chi connectivity index (χ2v) is 5.31. The van der Waals surface area contributed by atoms with E-state index in [2.05, 4.69) is 15.9 Å². The number of carboxylic acid groups (broad SMARTS) is 1. The molecule has 0 aliphatic heterocycles. The molecule has 6 heteroatoms. The Balaban J connectivity index is 2.18. The fourth-order valence-corrected chi connectivity index (χ4v) is 2.15. The molecule has 2 aromatic rings. The first kappa shape index (κ1) is 14.8. The molecule has 0 fully saturated rings. The first-order chi connectivity index (χ1) is 9.47. The molecule has 0 amide bonds. The summed E-state index contributed by atoms with van der Waals surface area (Å²) in [5.41, 5.74) is 0.697. The molecule has 0 aromatic heterocycles. The molecule has 1 N–H and O–H groups in total. The maximum absolute atomic E-state index is 13.0. The zero-order valence-electron chi connectivity index (χ0n) is 10.1. The zero-order chi connectivity index (χ0) is 14.7. The predicted octanol–water partition coefficient (Wildman–Crippen LogP) is 4.52. The Kier molecular flexibility index (Phi) is 4.62. The minimum Gasteiger partial charge on any atom is -0.488 e. The molecule has 0 radical (unpaired) electrons. The topological polar surface area (TPSA) is 46.5 Å². The van der Waals surface area contributed by atoms with Gasteiger partial charge in [0.25, 0.3) is 0 Å². The maximum atomic E-state index is 13.0. The van der Waals surface area contributed by atoms with E-state index >= 15 is 0 Å². The normalized spacial score (nSPS) is 10.3. The first-order valence-corrected chi connectivity index (χ1v) is 6.74. The molecule has 104 valence electrons. The molecule has 0 unspecified atom stereocenters. The Hall–Kier alpha value is -1.59. The highest BCUT2D eigenvalue weighted by Gasteiger charge is 2.12. The van der Waals surface area contributed by atoms with Crippen LogP contribution < -0.4 is 4.74 Å². The number of hydrogen-bond acceptors (Lipinski definition) is 2. The van der Waals surface area contributed by atoms with E-state index < -0.39 is 11.8 Å². The fourth-order valence-electron chi connectivity index (χ4n) is 1.59. The van der Waals surface area contributed by atoms with Gasteiger partial charge in [-0.25, -0.2) is 9.18 Å². The number of carbonyl (C=O) groups is 1. The third kappa shape index (κ3) is 3.49. The number of benzene rings is 2. The van der Waals surface area contributed by atoms with Crippen molar-refractivity contribution in [3.8, 4) is 5.75 Å². The van der Waals surface area contributed by atoms with Gasteiger partial charge in [0, 0.05) is 4.47 Å². The van der Waals surface area contributed by atoms with E-state index in [-0.39, 0.29) is 22.9 Å². The second-order valence-electron chi connectivity index (χ2n) is 3.98. The Morgan fingerprint density at radius 2 is 2.05 bits per heavy atom. The van der Waals surface area contributed by atoms with Gasteiger partial charge in [0.2, 0.25) is 0 Å². The summed E-state index contributed by atoms with van der Waals surface area (Å²) in [4.78, 5) is 11.1. The monoisotopic (exact) mass is 358 g/mol. The van der Waals surface area contributed by atoms with Crippen molar-refractivity contribution >= 4 is 33.5 Å². The van der Waals surface area contributed by atoms with Crippen LogP contribution in [-0.2, 0) is 6.61 Å². The minimum atomic E-state index is -1.08. The number of aromatic carboxylic acids is 1. The molecule has 3 nitrogen and oxygen atoms in total. The number of rotatable bonds is 4. The Morgan fingerprint density at radius 1 is 1.30 bits per heavy atom. The van der Waals surface area contributed by atoms with Crippen LogP contribution in [0.4, 0.5) is 4.39 Å². The minimum absolute atomic E-state index is 0.000337. The fraction of sp³-hybridized carbons (Fsp3) is 0.0714. The first-order valence-electron chi connectivity index (χ1n) is 5.57. The van der Waals surface area contributed by atoms with Crippen LogP contribution in [0.2, 0.25) is 5.02 Å². The molecular weight excluding hydrogens is 351 g/mol. The van der Waals surface area contributed by atoms with E-state index in [0.29, 0.717) is 10.0 Å². The molecule has 2 rings (SSSR count). The predicted molar refractivity (Wildman–Crippen MR) is 76.8 cm³/mol. The average molecular weight is 360 g/mol. The highest BCUT2D eigenvalue weighted by atomic mass is 79.9. The summed E-state index contributed by atoms with van der Waals surface area (Å²) in [6.07, 6.45) is 0. The molecule has 0 bridgehead atoms. The van der Waals surface area contributed by atoms with Gasteiger partial charge in [-0.05, 0) is 35.9 Å². The van der Waals surface area contributed by atoms with Gasteiger partial charge in [-0.15, -0.1) is 0 Å². The number of halogens is 3. The Bertz CT molecular complexity index is 661. The molecule has 0 saturated carbocycles.